The van der Waals surface area contributed by atoms with Gasteiger partial charge in [0.05, 0.1) is 7.11 Å². The topological polar surface area (TPSA) is 51.5 Å². The number of hydrogen-bond donors (Lipinski definition) is 1. The van der Waals surface area contributed by atoms with E-state index in [2.05, 4.69) is 4.74 Å². The van der Waals surface area contributed by atoms with E-state index in [0.717, 1.165) is 16.5 Å². The van der Waals surface area contributed by atoms with Crippen LogP contribution in [0.1, 0.15) is 19.4 Å². The van der Waals surface area contributed by atoms with Crippen LogP contribution in [-0.2, 0) is 22.0 Å². The first kappa shape index (κ1) is 13.6. The molecule has 0 aliphatic carbocycles. The molecule has 1 atom stereocenters. The number of nitrogens with zero attached hydrogens (tertiary/aromatic N) is 1. The summed E-state index contributed by atoms with van der Waals surface area (Å²) in [5, 5.41) is 11.2. The van der Waals surface area contributed by atoms with Gasteiger partial charge in [0.25, 0.3) is 0 Å². The molecule has 0 saturated heterocycles. The molecular formula is C15H19NO3. The van der Waals surface area contributed by atoms with Crippen LogP contribution in [0.15, 0.2) is 30.5 Å². The summed E-state index contributed by atoms with van der Waals surface area (Å²) < 4.78 is 6.64. The number of esters is 1. The molecule has 2 aromatic rings. The second kappa shape index (κ2) is 4.70. The molecule has 0 spiro atoms. The molecule has 0 aliphatic heterocycles. The number of fused-ring (bicyclic) bond motifs is 1. The highest BCUT2D eigenvalue weighted by molar-refractivity contribution is 5.86. The van der Waals surface area contributed by atoms with Crippen LogP contribution in [0.5, 0.6) is 0 Å². The van der Waals surface area contributed by atoms with Crippen LogP contribution in [-0.4, -0.2) is 28.9 Å². The Labute approximate surface area is 112 Å². The first-order valence-electron chi connectivity index (χ1n) is 6.20. The Hall–Kier alpha value is -1.81. The van der Waals surface area contributed by atoms with Crippen LogP contribution in [0.4, 0.5) is 0 Å². The van der Waals surface area contributed by atoms with E-state index in [1.807, 2.05) is 55.9 Å². The minimum Gasteiger partial charge on any atom is -0.467 e. The summed E-state index contributed by atoms with van der Waals surface area (Å²) in [5.41, 5.74) is 1.29. The lowest BCUT2D eigenvalue weighted by atomic mass is 9.79. The molecule has 0 saturated carbocycles. The molecule has 0 amide bonds. The fourth-order valence-electron chi connectivity index (χ4n) is 2.41. The van der Waals surface area contributed by atoms with Crippen LogP contribution >= 0.6 is 0 Å². The van der Waals surface area contributed by atoms with Gasteiger partial charge in [-0.15, -0.1) is 0 Å². The smallest absolute Gasteiger partial charge is 0.335 e. The molecule has 1 N–H and O–H groups in total. The lowest BCUT2D eigenvalue weighted by molar-refractivity contribution is -0.153. The molecule has 1 aromatic carbocycles. The van der Waals surface area contributed by atoms with Crippen LogP contribution < -0.4 is 0 Å². The second-order valence-electron chi connectivity index (χ2n) is 5.32. The van der Waals surface area contributed by atoms with Gasteiger partial charge in [0.1, 0.15) is 0 Å². The van der Waals surface area contributed by atoms with Gasteiger partial charge < -0.3 is 14.4 Å². The maximum absolute atomic E-state index is 11.6. The summed E-state index contributed by atoms with van der Waals surface area (Å²) in [6, 6.07) is 7.93. The number of aliphatic hydroxyl groups excluding tert-OH is 1. The van der Waals surface area contributed by atoms with E-state index in [0.29, 0.717) is 0 Å². The van der Waals surface area contributed by atoms with Gasteiger partial charge >= 0.3 is 5.97 Å². The van der Waals surface area contributed by atoms with Crippen molar-refractivity contribution in [3.05, 3.63) is 36.0 Å². The Morgan fingerprint density at radius 2 is 2.00 bits per heavy atom. The van der Waals surface area contributed by atoms with E-state index in [1.54, 1.807) is 0 Å². The number of rotatable bonds is 3. The molecule has 0 fully saturated rings. The number of para-hydroxylation sites is 1. The van der Waals surface area contributed by atoms with Gasteiger partial charge in [-0.1, -0.05) is 32.0 Å². The third-order valence-electron chi connectivity index (χ3n) is 3.70. The normalized spacial score (nSPS) is 13.5. The Bertz CT molecular complexity index is 613. The fourth-order valence-corrected chi connectivity index (χ4v) is 2.41. The third kappa shape index (κ3) is 2.12. The fraction of sp³-hybridized carbons (Fsp3) is 0.400. The average Bonchev–Trinajstić information content (AvgIpc) is 2.75. The number of hydrogen-bond acceptors (Lipinski definition) is 3. The monoisotopic (exact) mass is 261 g/mol. The van der Waals surface area contributed by atoms with Crippen molar-refractivity contribution < 1.29 is 14.6 Å². The Morgan fingerprint density at radius 1 is 1.37 bits per heavy atom. The zero-order valence-electron chi connectivity index (χ0n) is 11.7. The molecule has 102 valence electrons. The molecule has 2 rings (SSSR count). The number of methoxy groups -OCH3 is 1. The number of carbonyl (C=O) groups excluding carboxylic acids is 1. The molecule has 19 heavy (non-hydrogen) atoms. The van der Waals surface area contributed by atoms with E-state index < -0.39 is 17.5 Å². The van der Waals surface area contributed by atoms with Crippen molar-refractivity contribution >= 4 is 16.9 Å². The highest BCUT2D eigenvalue weighted by atomic mass is 16.5. The van der Waals surface area contributed by atoms with Gasteiger partial charge in [-0.05, 0) is 11.6 Å². The summed E-state index contributed by atoms with van der Waals surface area (Å²) in [5.74, 6) is -0.613. The molecule has 1 unspecified atom stereocenters. The van der Waals surface area contributed by atoms with Crippen molar-refractivity contribution in [1.29, 1.82) is 0 Å². The molecule has 0 aliphatic rings. The van der Waals surface area contributed by atoms with Gasteiger partial charge in [-0.3, -0.25) is 0 Å². The average molecular weight is 261 g/mol. The number of benzene rings is 1. The van der Waals surface area contributed by atoms with Crippen LogP contribution in [0, 0.1) is 0 Å². The highest BCUT2D eigenvalue weighted by Gasteiger charge is 2.37. The summed E-state index contributed by atoms with van der Waals surface area (Å²) in [7, 11) is 3.23. The lowest BCUT2D eigenvalue weighted by Gasteiger charge is -2.28. The van der Waals surface area contributed by atoms with Crippen molar-refractivity contribution in [1.82, 2.24) is 4.57 Å². The number of carbonyl (C=O) groups is 1. The maximum atomic E-state index is 11.6. The van der Waals surface area contributed by atoms with Gasteiger partial charge in [-0.25, -0.2) is 4.79 Å². The van der Waals surface area contributed by atoms with Crippen molar-refractivity contribution in [2.45, 2.75) is 25.4 Å². The van der Waals surface area contributed by atoms with Gasteiger partial charge in [-0.2, -0.15) is 0 Å². The van der Waals surface area contributed by atoms with Gasteiger partial charge in [0.2, 0.25) is 0 Å². The Morgan fingerprint density at radius 3 is 2.63 bits per heavy atom. The standard InChI is InChI=1S/C15H19NO3/c1-15(2,13(17)14(18)19-4)11-9-16(3)12-8-6-5-7-10(11)12/h5-9,13,17H,1-4H3. The van der Waals surface area contributed by atoms with Crippen LogP contribution in [0.3, 0.4) is 0 Å². The quantitative estimate of drug-likeness (QED) is 0.860. The highest BCUT2D eigenvalue weighted by Crippen LogP contribution is 2.34. The van der Waals surface area contributed by atoms with E-state index in [-0.39, 0.29) is 0 Å². The van der Waals surface area contributed by atoms with Crippen LogP contribution in [0.25, 0.3) is 10.9 Å². The molecular weight excluding hydrogens is 242 g/mol. The zero-order chi connectivity index (χ0) is 14.2. The largest absolute Gasteiger partial charge is 0.467 e. The van der Waals surface area contributed by atoms with E-state index in [4.69, 9.17) is 0 Å². The minimum atomic E-state index is -1.19. The predicted octanol–water partition coefficient (Wildman–Crippen LogP) is 1.99. The first-order chi connectivity index (χ1) is 8.89. The second-order valence-corrected chi connectivity index (χ2v) is 5.32. The number of aliphatic hydroxyl groups is 1. The van der Waals surface area contributed by atoms with Crippen LogP contribution in [0.2, 0.25) is 0 Å². The molecule has 1 aromatic heterocycles. The molecule has 1 heterocycles. The van der Waals surface area contributed by atoms with Gasteiger partial charge in [0.15, 0.2) is 6.10 Å². The number of ether oxygens (including phenoxy) is 1. The first-order valence-corrected chi connectivity index (χ1v) is 6.20. The Kier molecular flexibility index (Phi) is 3.37. The summed E-state index contributed by atoms with van der Waals surface area (Å²) in [6.45, 7) is 3.69. The third-order valence-corrected chi connectivity index (χ3v) is 3.70. The molecule has 4 heteroatoms. The minimum absolute atomic E-state index is 0.613. The van der Waals surface area contributed by atoms with Crippen molar-refractivity contribution in [2.24, 2.45) is 7.05 Å². The lowest BCUT2D eigenvalue weighted by Crippen LogP contribution is -2.40. The summed E-state index contributed by atoms with van der Waals surface area (Å²) in [6.07, 6.45) is 0.764. The van der Waals surface area contributed by atoms with E-state index >= 15 is 0 Å². The van der Waals surface area contributed by atoms with E-state index in [9.17, 15) is 9.90 Å². The van der Waals surface area contributed by atoms with Gasteiger partial charge in [0, 0.05) is 29.6 Å². The van der Waals surface area contributed by atoms with E-state index in [1.165, 1.54) is 7.11 Å². The SMILES string of the molecule is COC(=O)C(O)C(C)(C)c1cn(C)c2ccccc12. The summed E-state index contributed by atoms with van der Waals surface area (Å²) in [4.78, 5) is 11.6. The number of aromatic nitrogens is 1. The maximum Gasteiger partial charge on any atom is 0.335 e. The summed E-state index contributed by atoms with van der Waals surface area (Å²) >= 11 is 0. The Balaban J connectivity index is 2.57. The van der Waals surface area contributed by atoms with Crippen molar-refractivity contribution in [3.63, 3.8) is 0 Å². The molecule has 0 radical (unpaired) electrons. The molecule has 4 nitrogen and oxygen atoms in total. The zero-order valence-corrected chi connectivity index (χ0v) is 11.7. The number of aryl methyl sites for hydroxylation is 1. The van der Waals surface area contributed by atoms with Crippen molar-refractivity contribution in [3.8, 4) is 0 Å². The predicted molar refractivity (Wildman–Crippen MR) is 74.0 cm³/mol. The van der Waals surface area contributed by atoms with Crippen molar-refractivity contribution in [2.75, 3.05) is 7.11 Å². The molecule has 0 bridgehead atoms.